The van der Waals surface area contributed by atoms with Crippen LogP contribution in [-0.2, 0) is 4.79 Å². The van der Waals surface area contributed by atoms with Crippen molar-refractivity contribution in [3.8, 4) is 5.75 Å². The number of carbonyl (C=O) groups excluding carboxylic acids is 1. The smallest absolute Gasteiger partial charge is 0.273 e. The van der Waals surface area contributed by atoms with Gasteiger partial charge in [-0.15, -0.1) is 0 Å². The Balaban J connectivity index is 2.72. The lowest BCUT2D eigenvalue weighted by molar-refractivity contribution is -0.384. The number of nitro benzene ring substituents is 1. The number of nitrogens with one attached hydrogen (secondary N) is 1. The summed E-state index contributed by atoms with van der Waals surface area (Å²) in [4.78, 5) is 21.2. The average molecular weight is 256 g/mol. The zero-order chi connectivity index (χ0) is 12.8. The zero-order valence-electron chi connectivity index (χ0n) is 9.17. The fourth-order valence-corrected chi connectivity index (χ4v) is 1.54. The molecule has 17 heavy (non-hydrogen) atoms. The van der Waals surface area contributed by atoms with Crippen LogP contribution in [0.25, 0.3) is 0 Å². The molecule has 0 aromatic heterocycles. The third-order valence-electron chi connectivity index (χ3n) is 2.00. The molecule has 0 aliphatic rings. The number of hydrogen-bond acceptors (Lipinski definition) is 5. The number of carbonyl (C=O) groups is 1. The van der Waals surface area contributed by atoms with E-state index in [4.69, 9.17) is 0 Å². The summed E-state index contributed by atoms with van der Waals surface area (Å²) in [6.07, 6.45) is 2.22. The third-order valence-corrected chi connectivity index (χ3v) is 2.61. The molecule has 2 N–H and O–H groups in total. The number of nitrogens with zero attached hydrogens (tertiary/aromatic N) is 1. The molecular formula is C10H12N2O4S. The minimum absolute atomic E-state index is 0.182. The maximum absolute atomic E-state index is 11.4. The lowest BCUT2D eigenvalue weighted by atomic mass is 10.2. The molecule has 0 aliphatic carbocycles. The predicted octanol–water partition coefficient (Wildman–Crippen LogP) is 1.99. The normalized spacial score (nSPS) is 9.94. The van der Waals surface area contributed by atoms with Crippen LogP contribution in [0.5, 0.6) is 5.75 Å². The minimum Gasteiger partial charge on any atom is -0.506 e. The number of thioether (sulfide) groups is 1. The van der Waals surface area contributed by atoms with Gasteiger partial charge in [0.15, 0.2) is 0 Å². The van der Waals surface area contributed by atoms with E-state index in [-0.39, 0.29) is 23.0 Å². The third kappa shape index (κ3) is 3.95. The first kappa shape index (κ1) is 13.3. The summed E-state index contributed by atoms with van der Waals surface area (Å²) < 4.78 is 0. The minimum atomic E-state index is -0.612. The molecular weight excluding hydrogens is 244 g/mol. The van der Waals surface area contributed by atoms with Gasteiger partial charge in [0.05, 0.1) is 16.7 Å². The molecule has 0 radical (unpaired) electrons. The lowest BCUT2D eigenvalue weighted by Crippen LogP contribution is -2.12. The van der Waals surface area contributed by atoms with Crippen LogP contribution in [0.15, 0.2) is 18.2 Å². The Morgan fingerprint density at radius 3 is 2.82 bits per heavy atom. The van der Waals surface area contributed by atoms with Crippen LogP contribution < -0.4 is 5.32 Å². The molecule has 6 nitrogen and oxygen atoms in total. The van der Waals surface area contributed by atoms with Gasteiger partial charge in [0.1, 0.15) is 5.75 Å². The molecule has 0 heterocycles. The van der Waals surface area contributed by atoms with Gasteiger partial charge >= 0.3 is 0 Å². The topological polar surface area (TPSA) is 92.5 Å². The second kappa shape index (κ2) is 6.09. The number of phenols is 1. The lowest BCUT2D eigenvalue weighted by Gasteiger charge is -2.06. The van der Waals surface area contributed by atoms with E-state index in [2.05, 4.69) is 5.32 Å². The summed E-state index contributed by atoms with van der Waals surface area (Å²) in [6, 6.07) is 3.54. The predicted molar refractivity (Wildman–Crippen MR) is 66.4 cm³/mol. The van der Waals surface area contributed by atoms with E-state index >= 15 is 0 Å². The number of non-ortho nitro benzene ring substituents is 1. The quantitative estimate of drug-likeness (QED) is 0.477. The van der Waals surface area contributed by atoms with Crippen LogP contribution >= 0.6 is 11.8 Å². The van der Waals surface area contributed by atoms with Crippen molar-refractivity contribution in [2.75, 3.05) is 17.3 Å². The molecule has 0 unspecified atom stereocenters. The number of phenolic OH excluding ortho intramolecular Hbond substituents is 1. The first-order valence-electron chi connectivity index (χ1n) is 4.80. The summed E-state index contributed by atoms with van der Waals surface area (Å²) in [5.41, 5.74) is -0.0358. The molecule has 92 valence electrons. The Morgan fingerprint density at radius 2 is 2.29 bits per heavy atom. The molecule has 1 rings (SSSR count). The molecule has 0 bridgehead atoms. The SMILES string of the molecule is CSCCC(=O)Nc1ccc([N+](=O)[O-])cc1O. The molecule has 0 fully saturated rings. The Labute approximate surface area is 102 Å². The van der Waals surface area contributed by atoms with E-state index in [1.165, 1.54) is 23.9 Å². The van der Waals surface area contributed by atoms with Crippen LogP contribution in [0.3, 0.4) is 0 Å². The summed E-state index contributed by atoms with van der Waals surface area (Å²) in [5.74, 6) is 0.139. The van der Waals surface area contributed by atoms with E-state index < -0.39 is 4.92 Å². The standard InChI is InChI=1S/C10H12N2O4S/c1-17-5-4-10(14)11-8-3-2-7(12(15)16)6-9(8)13/h2-3,6,13H,4-5H2,1H3,(H,11,14). The number of rotatable bonds is 5. The van der Waals surface area contributed by atoms with Gasteiger partial charge in [-0.25, -0.2) is 0 Å². The van der Waals surface area contributed by atoms with Gasteiger partial charge in [-0.2, -0.15) is 11.8 Å². The fraction of sp³-hybridized carbons (Fsp3) is 0.300. The van der Waals surface area contributed by atoms with Crippen LogP contribution in [-0.4, -0.2) is 27.9 Å². The summed E-state index contributed by atoms with van der Waals surface area (Å²) in [5, 5.41) is 22.4. The highest BCUT2D eigenvalue weighted by molar-refractivity contribution is 7.98. The number of nitro groups is 1. The fourth-order valence-electron chi connectivity index (χ4n) is 1.15. The number of benzene rings is 1. The second-order valence-corrected chi connectivity index (χ2v) is 4.24. The Bertz CT molecular complexity index is 436. The molecule has 7 heteroatoms. The Morgan fingerprint density at radius 1 is 1.59 bits per heavy atom. The summed E-state index contributed by atoms with van der Waals surface area (Å²) in [6.45, 7) is 0. The number of hydrogen-bond donors (Lipinski definition) is 2. The molecule has 0 spiro atoms. The Kier molecular flexibility index (Phi) is 4.77. The van der Waals surface area contributed by atoms with E-state index in [9.17, 15) is 20.0 Å². The first-order valence-corrected chi connectivity index (χ1v) is 6.20. The van der Waals surface area contributed by atoms with Gasteiger partial charge in [-0.05, 0) is 12.3 Å². The largest absolute Gasteiger partial charge is 0.506 e. The van der Waals surface area contributed by atoms with E-state index in [0.29, 0.717) is 12.2 Å². The average Bonchev–Trinajstić information content (AvgIpc) is 2.28. The monoisotopic (exact) mass is 256 g/mol. The van der Waals surface area contributed by atoms with Crippen molar-refractivity contribution in [1.29, 1.82) is 0 Å². The maximum Gasteiger partial charge on any atom is 0.273 e. The summed E-state index contributed by atoms with van der Waals surface area (Å²) >= 11 is 1.54. The first-order chi connectivity index (χ1) is 8.04. The van der Waals surface area contributed by atoms with Crippen LogP contribution in [0, 0.1) is 10.1 Å². The van der Waals surface area contributed by atoms with Crippen molar-refractivity contribution in [3.05, 3.63) is 28.3 Å². The molecule has 0 atom stereocenters. The van der Waals surface area contributed by atoms with Gasteiger partial charge in [-0.3, -0.25) is 14.9 Å². The number of aromatic hydroxyl groups is 1. The molecule has 0 aliphatic heterocycles. The van der Waals surface area contributed by atoms with Gasteiger partial charge in [0, 0.05) is 18.2 Å². The molecule has 1 amide bonds. The van der Waals surface area contributed by atoms with E-state index in [1.54, 1.807) is 0 Å². The second-order valence-electron chi connectivity index (χ2n) is 3.25. The van der Waals surface area contributed by atoms with Gasteiger partial charge in [0.2, 0.25) is 5.91 Å². The van der Waals surface area contributed by atoms with Crippen molar-refractivity contribution in [1.82, 2.24) is 0 Å². The molecule has 1 aromatic carbocycles. The number of amides is 1. The highest BCUT2D eigenvalue weighted by atomic mass is 32.2. The highest BCUT2D eigenvalue weighted by Gasteiger charge is 2.11. The van der Waals surface area contributed by atoms with Crippen molar-refractivity contribution in [2.45, 2.75) is 6.42 Å². The summed E-state index contributed by atoms with van der Waals surface area (Å²) in [7, 11) is 0. The van der Waals surface area contributed by atoms with E-state index in [0.717, 1.165) is 6.07 Å². The van der Waals surface area contributed by atoms with Gasteiger partial charge in [-0.1, -0.05) is 0 Å². The molecule has 1 aromatic rings. The van der Waals surface area contributed by atoms with Crippen LogP contribution in [0.1, 0.15) is 6.42 Å². The van der Waals surface area contributed by atoms with Crippen LogP contribution in [0.2, 0.25) is 0 Å². The zero-order valence-corrected chi connectivity index (χ0v) is 9.99. The van der Waals surface area contributed by atoms with Crippen molar-refractivity contribution in [3.63, 3.8) is 0 Å². The maximum atomic E-state index is 11.4. The highest BCUT2D eigenvalue weighted by Crippen LogP contribution is 2.27. The van der Waals surface area contributed by atoms with Crippen molar-refractivity contribution < 1.29 is 14.8 Å². The Hall–Kier alpha value is -1.76. The van der Waals surface area contributed by atoms with Crippen molar-refractivity contribution >= 4 is 29.0 Å². The van der Waals surface area contributed by atoms with Crippen molar-refractivity contribution in [2.24, 2.45) is 0 Å². The van der Waals surface area contributed by atoms with Gasteiger partial charge in [0.25, 0.3) is 5.69 Å². The molecule has 0 saturated carbocycles. The van der Waals surface area contributed by atoms with Gasteiger partial charge < -0.3 is 10.4 Å². The number of anilines is 1. The van der Waals surface area contributed by atoms with E-state index in [1.807, 2.05) is 6.26 Å². The molecule has 0 saturated heterocycles. The van der Waals surface area contributed by atoms with Crippen LogP contribution in [0.4, 0.5) is 11.4 Å².